The maximum atomic E-state index is 11.9. The van der Waals surface area contributed by atoms with Crippen molar-refractivity contribution in [3.63, 3.8) is 0 Å². The normalized spacial score (nSPS) is 10.2. The Morgan fingerprint density at radius 1 is 1.50 bits per heavy atom. The average Bonchev–Trinajstić information content (AvgIpc) is 2.28. The molecule has 0 unspecified atom stereocenters. The predicted molar refractivity (Wildman–Crippen MR) is 68.0 cm³/mol. The molecule has 0 spiro atoms. The molecule has 1 rings (SSSR count). The minimum Gasteiger partial charge on any atom is -0.354 e. The van der Waals surface area contributed by atoms with Crippen molar-refractivity contribution in [1.82, 2.24) is 9.88 Å². The third kappa shape index (κ3) is 3.45. The number of nitriles is 1. The number of carbonyl (C=O) groups excluding carboxylic acids is 1. The molecule has 1 heterocycles. The Bertz CT molecular complexity index is 538. The number of nitrogens with zero attached hydrogens (tertiary/aromatic N) is 2. The Kier molecular flexibility index (Phi) is 4.67. The lowest BCUT2D eigenvalue weighted by Crippen LogP contribution is -2.32. The molecule has 1 amide bonds. The molecule has 0 bridgehead atoms. The third-order valence-corrected chi connectivity index (χ3v) is 2.53. The van der Waals surface area contributed by atoms with E-state index in [-0.39, 0.29) is 29.5 Å². The summed E-state index contributed by atoms with van der Waals surface area (Å²) in [5.41, 5.74) is 0.510. The van der Waals surface area contributed by atoms with E-state index < -0.39 is 0 Å². The summed E-state index contributed by atoms with van der Waals surface area (Å²) in [5, 5.41) is 11.5. The summed E-state index contributed by atoms with van der Waals surface area (Å²) < 4.78 is 1.46. The van der Waals surface area contributed by atoms with Crippen LogP contribution in [0.15, 0.2) is 16.9 Å². The van der Waals surface area contributed by atoms with Crippen LogP contribution < -0.4 is 10.9 Å². The van der Waals surface area contributed by atoms with E-state index in [1.54, 1.807) is 13.0 Å². The molecule has 0 fully saturated rings. The second-order valence-corrected chi connectivity index (χ2v) is 4.43. The van der Waals surface area contributed by atoms with Crippen molar-refractivity contribution in [2.24, 2.45) is 0 Å². The van der Waals surface area contributed by atoms with E-state index in [9.17, 15) is 9.59 Å². The van der Waals surface area contributed by atoms with E-state index in [1.165, 1.54) is 10.6 Å². The fourth-order valence-corrected chi connectivity index (χ4v) is 1.64. The Hall–Kier alpha value is -2.09. The highest BCUT2D eigenvalue weighted by Crippen LogP contribution is 1.99. The molecule has 0 aliphatic heterocycles. The van der Waals surface area contributed by atoms with Gasteiger partial charge in [-0.1, -0.05) is 0 Å². The first-order valence-electron chi connectivity index (χ1n) is 5.85. The van der Waals surface area contributed by atoms with Gasteiger partial charge in [-0.25, -0.2) is 0 Å². The van der Waals surface area contributed by atoms with E-state index in [0.29, 0.717) is 6.54 Å². The SMILES string of the molecule is Cc1ccc(C#N)c(=O)n1CCC(=O)NC(C)C. The van der Waals surface area contributed by atoms with Crippen LogP contribution in [0.2, 0.25) is 0 Å². The van der Waals surface area contributed by atoms with Crippen LogP contribution in [-0.4, -0.2) is 16.5 Å². The molecule has 0 radical (unpaired) electrons. The topological polar surface area (TPSA) is 74.9 Å². The van der Waals surface area contributed by atoms with Crippen LogP contribution in [0.1, 0.15) is 31.5 Å². The van der Waals surface area contributed by atoms with Crippen molar-refractivity contribution in [2.45, 2.75) is 39.8 Å². The predicted octanol–water partition coefficient (Wildman–Crippen LogP) is 0.943. The first-order chi connectivity index (χ1) is 8.45. The number of amides is 1. The molecule has 1 N–H and O–H groups in total. The highest BCUT2D eigenvalue weighted by molar-refractivity contribution is 5.76. The van der Waals surface area contributed by atoms with Gasteiger partial charge in [-0.05, 0) is 32.9 Å². The zero-order valence-corrected chi connectivity index (χ0v) is 10.9. The molecule has 0 saturated heterocycles. The van der Waals surface area contributed by atoms with E-state index in [2.05, 4.69) is 5.32 Å². The fraction of sp³-hybridized carbons (Fsp3) is 0.462. The highest BCUT2D eigenvalue weighted by Gasteiger charge is 2.08. The quantitative estimate of drug-likeness (QED) is 0.860. The number of aromatic nitrogens is 1. The monoisotopic (exact) mass is 247 g/mol. The molecular weight excluding hydrogens is 230 g/mol. The Morgan fingerprint density at radius 2 is 2.17 bits per heavy atom. The summed E-state index contributed by atoms with van der Waals surface area (Å²) in [6.45, 7) is 5.83. The number of pyridine rings is 1. The summed E-state index contributed by atoms with van der Waals surface area (Å²) in [7, 11) is 0. The molecule has 18 heavy (non-hydrogen) atoms. The van der Waals surface area contributed by atoms with Gasteiger partial charge in [-0.15, -0.1) is 0 Å². The lowest BCUT2D eigenvalue weighted by Gasteiger charge is -2.11. The van der Waals surface area contributed by atoms with Gasteiger partial charge in [-0.2, -0.15) is 5.26 Å². The van der Waals surface area contributed by atoms with Crippen molar-refractivity contribution in [1.29, 1.82) is 5.26 Å². The molecular formula is C13H17N3O2. The Morgan fingerprint density at radius 3 is 2.72 bits per heavy atom. The second-order valence-electron chi connectivity index (χ2n) is 4.43. The van der Waals surface area contributed by atoms with Crippen molar-refractivity contribution in [3.8, 4) is 6.07 Å². The Labute approximate surface area is 106 Å². The van der Waals surface area contributed by atoms with Gasteiger partial charge in [0.1, 0.15) is 11.6 Å². The lowest BCUT2D eigenvalue weighted by atomic mass is 10.2. The summed E-state index contributed by atoms with van der Waals surface area (Å²) >= 11 is 0. The van der Waals surface area contributed by atoms with Gasteiger partial charge in [0.25, 0.3) is 5.56 Å². The molecule has 0 aromatic carbocycles. The van der Waals surface area contributed by atoms with Crippen LogP contribution in [0, 0.1) is 18.3 Å². The van der Waals surface area contributed by atoms with Gasteiger partial charge >= 0.3 is 0 Å². The smallest absolute Gasteiger partial charge is 0.268 e. The molecule has 1 aromatic rings. The summed E-state index contributed by atoms with van der Waals surface area (Å²) in [6.07, 6.45) is 0.230. The molecule has 0 saturated carbocycles. The van der Waals surface area contributed by atoms with Crippen molar-refractivity contribution in [3.05, 3.63) is 33.7 Å². The van der Waals surface area contributed by atoms with Crippen LogP contribution in [0.25, 0.3) is 0 Å². The van der Waals surface area contributed by atoms with E-state index >= 15 is 0 Å². The average molecular weight is 247 g/mol. The number of rotatable bonds is 4. The molecule has 0 aliphatic rings. The molecule has 0 atom stereocenters. The van der Waals surface area contributed by atoms with Gasteiger partial charge < -0.3 is 9.88 Å². The molecule has 1 aromatic heterocycles. The summed E-state index contributed by atoms with van der Waals surface area (Å²) in [6, 6.07) is 5.14. The van der Waals surface area contributed by atoms with Crippen LogP contribution in [0.5, 0.6) is 0 Å². The third-order valence-electron chi connectivity index (χ3n) is 2.53. The van der Waals surface area contributed by atoms with Gasteiger partial charge in [0.2, 0.25) is 5.91 Å². The van der Waals surface area contributed by atoms with Crippen molar-refractivity contribution in [2.75, 3.05) is 0 Å². The zero-order valence-electron chi connectivity index (χ0n) is 10.9. The number of hydrogen-bond donors (Lipinski definition) is 1. The van der Waals surface area contributed by atoms with Crippen LogP contribution in [0.4, 0.5) is 0 Å². The van der Waals surface area contributed by atoms with Gasteiger partial charge in [0, 0.05) is 24.7 Å². The van der Waals surface area contributed by atoms with Crippen molar-refractivity contribution < 1.29 is 4.79 Å². The lowest BCUT2D eigenvalue weighted by molar-refractivity contribution is -0.121. The first-order valence-corrected chi connectivity index (χ1v) is 5.85. The number of aryl methyl sites for hydroxylation is 1. The maximum absolute atomic E-state index is 11.9. The van der Waals surface area contributed by atoms with Crippen LogP contribution in [-0.2, 0) is 11.3 Å². The second kappa shape index (κ2) is 6.01. The minimum absolute atomic E-state index is 0.0840. The highest BCUT2D eigenvalue weighted by atomic mass is 16.2. The number of carbonyl (C=O) groups is 1. The number of nitrogens with one attached hydrogen (secondary N) is 1. The fourth-order valence-electron chi connectivity index (χ4n) is 1.64. The largest absolute Gasteiger partial charge is 0.354 e. The number of hydrogen-bond acceptors (Lipinski definition) is 3. The van der Waals surface area contributed by atoms with E-state index in [4.69, 9.17) is 5.26 Å². The van der Waals surface area contributed by atoms with E-state index in [0.717, 1.165) is 5.69 Å². The molecule has 5 heteroatoms. The first kappa shape index (κ1) is 14.0. The molecule has 5 nitrogen and oxygen atoms in total. The zero-order chi connectivity index (χ0) is 13.7. The van der Waals surface area contributed by atoms with E-state index in [1.807, 2.05) is 19.9 Å². The van der Waals surface area contributed by atoms with Crippen LogP contribution >= 0.6 is 0 Å². The minimum atomic E-state index is -0.338. The van der Waals surface area contributed by atoms with Gasteiger partial charge in [-0.3, -0.25) is 9.59 Å². The summed E-state index contributed by atoms with van der Waals surface area (Å²) in [4.78, 5) is 23.4. The van der Waals surface area contributed by atoms with Gasteiger partial charge in [0.05, 0.1) is 0 Å². The summed E-state index contributed by atoms with van der Waals surface area (Å²) in [5.74, 6) is -0.0985. The molecule has 96 valence electrons. The standard InChI is InChI=1S/C13H17N3O2/c1-9(2)15-12(17)6-7-16-10(3)4-5-11(8-14)13(16)18/h4-5,9H,6-7H2,1-3H3,(H,15,17). The Balaban J connectivity index is 2.83. The van der Waals surface area contributed by atoms with Crippen molar-refractivity contribution >= 4 is 5.91 Å². The van der Waals surface area contributed by atoms with Gasteiger partial charge in [0.15, 0.2) is 0 Å². The van der Waals surface area contributed by atoms with Crippen LogP contribution in [0.3, 0.4) is 0 Å². The molecule has 0 aliphatic carbocycles. The maximum Gasteiger partial charge on any atom is 0.268 e.